The molecule has 0 radical (unpaired) electrons. The van der Waals surface area contributed by atoms with Gasteiger partial charge in [-0.1, -0.05) is 30.5 Å². The fraction of sp³-hybridized carbons (Fsp3) is 0.429. The van der Waals surface area contributed by atoms with E-state index in [1.807, 2.05) is 0 Å². The number of benzene rings is 1. The highest BCUT2D eigenvalue weighted by Crippen LogP contribution is 2.31. The van der Waals surface area contributed by atoms with Crippen LogP contribution in [0.15, 0.2) is 24.3 Å². The maximum absolute atomic E-state index is 12.1. The van der Waals surface area contributed by atoms with Crippen LogP contribution < -0.4 is 10.2 Å². The third kappa shape index (κ3) is 4.42. The molecule has 0 aliphatic heterocycles. The molecule has 108 valence electrons. The van der Waals surface area contributed by atoms with Crippen LogP contribution in [0.5, 0.6) is 0 Å². The largest absolute Gasteiger partial charge is 0.480 e. The van der Waals surface area contributed by atoms with E-state index in [-0.39, 0.29) is 0 Å². The molecule has 1 aromatic carbocycles. The summed E-state index contributed by atoms with van der Waals surface area (Å²) in [5.74, 6) is -0.350. The minimum atomic E-state index is -1.07. The van der Waals surface area contributed by atoms with Crippen molar-refractivity contribution in [2.75, 3.05) is 18.0 Å². The molecule has 2 N–H and O–H groups in total. The molecule has 1 aliphatic carbocycles. The van der Waals surface area contributed by atoms with Gasteiger partial charge in [-0.3, -0.25) is 9.69 Å². The van der Waals surface area contributed by atoms with Crippen molar-refractivity contribution in [3.63, 3.8) is 0 Å². The van der Waals surface area contributed by atoms with Crippen LogP contribution in [0.2, 0.25) is 5.02 Å². The molecular weight excluding hydrogens is 280 g/mol. The number of hydrogen-bond acceptors (Lipinski definition) is 2. The summed E-state index contributed by atoms with van der Waals surface area (Å²) >= 11 is 5.88. The second-order valence-corrected chi connectivity index (χ2v) is 5.36. The molecule has 0 atom stereocenters. The number of carbonyl (C=O) groups excluding carboxylic acids is 1. The lowest BCUT2D eigenvalue weighted by molar-refractivity contribution is -0.135. The highest BCUT2D eigenvalue weighted by atomic mass is 35.5. The number of carboxylic acids is 1. The van der Waals surface area contributed by atoms with Crippen molar-refractivity contribution in [2.24, 2.45) is 5.92 Å². The average Bonchev–Trinajstić information content (AvgIpc) is 3.19. The minimum absolute atomic E-state index is 0.393. The molecule has 1 fully saturated rings. The van der Waals surface area contributed by atoms with Crippen molar-refractivity contribution < 1.29 is 14.7 Å². The molecule has 0 unspecified atom stereocenters. The third-order valence-corrected chi connectivity index (χ3v) is 3.42. The van der Waals surface area contributed by atoms with Gasteiger partial charge in [0.25, 0.3) is 0 Å². The quantitative estimate of drug-likeness (QED) is 0.848. The first-order chi connectivity index (χ1) is 9.56. The van der Waals surface area contributed by atoms with Crippen LogP contribution in [0, 0.1) is 5.92 Å². The van der Waals surface area contributed by atoms with Crippen LogP contribution in [0.4, 0.5) is 10.5 Å². The standard InChI is InChI=1S/C14H17ClN2O3/c15-11-2-1-3-12(8-11)17(9-13(18)19)14(20)16-7-6-10-4-5-10/h1-3,8,10H,4-7,9H2,(H,16,20)(H,18,19). The highest BCUT2D eigenvalue weighted by Gasteiger charge is 2.22. The summed E-state index contributed by atoms with van der Waals surface area (Å²) in [6.07, 6.45) is 3.40. The van der Waals surface area contributed by atoms with Crippen LogP contribution in [0.3, 0.4) is 0 Å². The average molecular weight is 297 g/mol. The van der Waals surface area contributed by atoms with E-state index >= 15 is 0 Å². The van der Waals surface area contributed by atoms with Gasteiger partial charge in [0.05, 0.1) is 0 Å². The summed E-state index contributed by atoms with van der Waals surface area (Å²) < 4.78 is 0. The van der Waals surface area contributed by atoms with Crippen LogP contribution in [-0.2, 0) is 4.79 Å². The fourth-order valence-corrected chi connectivity index (χ4v) is 2.13. The molecule has 0 bridgehead atoms. The maximum atomic E-state index is 12.1. The molecule has 5 nitrogen and oxygen atoms in total. The number of nitrogens with one attached hydrogen (secondary N) is 1. The molecule has 0 spiro atoms. The number of hydrogen-bond donors (Lipinski definition) is 2. The number of anilines is 1. The summed E-state index contributed by atoms with van der Waals surface area (Å²) in [7, 11) is 0. The monoisotopic (exact) mass is 296 g/mol. The lowest BCUT2D eigenvalue weighted by Crippen LogP contribution is -2.43. The topological polar surface area (TPSA) is 69.6 Å². The van der Waals surface area contributed by atoms with Gasteiger partial charge in [-0.2, -0.15) is 0 Å². The van der Waals surface area contributed by atoms with Gasteiger partial charge in [0.1, 0.15) is 6.54 Å². The number of amides is 2. The number of urea groups is 1. The van der Waals surface area contributed by atoms with Gasteiger partial charge in [0.15, 0.2) is 0 Å². The number of carboxylic acid groups (broad SMARTS) is 1. The normalized spacial score (nSPS) is 13.8. The second kappa shape index (κ2) is 6.61. The number of aliphatic carboxylic acids is 1. The summed E-state index contributed by atoms with van der Waals surface area (Å²) in [6, 6.07) is 6.19. The summed E-state index contributed by atoms with van der Waals surface area (Å²) in [5, 5.41) is 12.2. The van der Waals surface area contributed by atoms with Gasteiger partial charge in [-0.25, -0.2) is 4.79 Å². The molecule has 0 aromatic heterocycles. The number of carbonyl (C=O) groups is 2. The molecule has 1 saturated carbocycles. The van der Waals surface area contributed by atoms with Gasteiger partial charge >= 0.3 is 12.0 Å². The number of rotatable bonds is 6. The van der Waals surface area contributed by atoms with Crippen molar-refractivity contribution in [2.45, 2.75) is 19.3 Å². The Balaban J connectivity index is 2.01. The van der Waals surface area contributed by atoms with E-state index < -0.39 is 18.5 Å². The molecular formula is C14H17ClN2O3. The van der Waals surface area contributed by atoms with E-state index in [2.05, 4.69) is 5.32 Å². The summed E-state index contributed by atoms with van der Waals surface area (Å²) in [6.45, 7) is 0.176. The molecule has 1 aromatic rings. The first-order valence-electron chi connectivity index (χ1n) is 6.59. The molecule has 20 heavy (non-hydrogen) atoms. The predicted octanol–water partition coefficient (Wildman–Crippen LogP) is 2.74. The van der Waals surface area contributed by atoms with Crippen LogP contribution in [0.25, 0.3) is 0 Å². The lowest BCUT2D eigenvalue weighted by atomic mass is 10.3. The SMILES string of the molecule is O=C(O)CN(C(=O)NCCC1CC1)c1cccc(Cl)c1. The van der Waals surface area contributed by atoms with E-state index in [4.69, 9.17) is 16.7 Å². The molecule has 1 aliphatic rings. The van der Waals surface area contributed by atoms with Crippen molar-refractivity contribution >= 4 is 29.3 Å². The van der Waals surface area contributed by atoms with E-state index in [0.29, 0.717) is 17.3 Å². The van der Waals surface area contributed by atoms with E-state index in [9.17, 15) is 9.59 Å². The fourth-order valence-electron chi connectivity index (χ4n) is 1.94. The van der Waals surface area contributed by atoms with Gasteiger partial charge in [-0.05, 0) is 30.5 Å². The zero-order valence-corrected chi connectivity index (χ0v) is 11.8. The van der Waals surface area contributed by atoms with Crippen LogP contribution >= 0.6 is 11.6 Å². The smallest absolute Gasteiger partial charge is 0.323 e. The Hall–Kier alpha value is -1.75. The van der Waals surface area contributed by atoms with Gasteiger partial charge in [0, 0.05) is 17.3 Å². The first-order valence-corrected chi connectivity index (χ1v) is 6.97. The Bertz CT molecular complexity index is 503. The molecule has 0 heterocycles. The Labute approximate surface area is 122 Å². The van der Waals surface area contributed by atoms with E-state index in [1.165, 1.54) is 17.7 Å². The minimum Gasteiger partial charge on any atom is -0.480 e. The molecule has 6 heteroatoms. The summed E-state index contributed by atoms with van der Waals surface area (Å²) in [4.78, 5) is 24.2. The van der Waals surface area contributed by atoms with E-state index in [0.717, 1.165) is 12.3 Å². The van der Waals surface area contributed by atoms with Crippen LogP contribution in [0.1, 0.15) is 19.3 Å². The summed E-state index contributed by atoms with van der Waals surface area (Å²) in [5.41, 5.74) is 0.476. The predicted molar refractivity (Wildman–Crippen MR) is 77.2 cm³/mol. The molecule has 0 saturated heterocycles. The highest BCUT2D eigenvalue weighted by molar-refractivity contribution is 6.30. The van der Waals surface area contributed by atoms with Crippen LogP contribution in [-0.4, -0.2) is 30.2 Å². The zero-order valence-electron chi connectivity index (χ0n) is 11.0. The second-order valence-electron chi connectivity index (χ2n) is 4.92. The number of nitrogens with zero attached hydrogens (tertiary/aromatic N) is 1. The van der Waals surface area contributed by atoms with E-state index in [1.54, 1.807) is 24.3 Å². The Morgan fingerprint density at radius 1 is 1.40 bits per heavy atom. The lowest BCUT2D eigenvalue weighted by Gasteiger charge is -2.21. The Morgan fingerprint density at radius 3 is 2.75 bits per heavy atom. The zero-order chi connectivity index (χ0) is 14.5. The molecule has 2 rings (SSSR count). The Morgan fingerprint density at radius 2 is 2.15 bits per heavy atom. The molecule has 2 amide bonds. The van der Waals surface area contributed by atoms with Gasteiger partial charge in [-0.15, -0.1) is 0 Å². The maximum Gasteiger partial charge on any atom is 0.323 e. The number of halogens is 1. The van der Waals surface area contributed by atoms with Gasteiger partial charge in [0.2, 0.25) is 0 Å². The van der Waals surface area contributed by atoms with Crippen molar-refractivity contribution in [1.82, 2.24) is 5.32 Å². The van der Waals surface area contributed by atoms with Gasteiger partial charge < -0.3 is 10.4 Å². The van der Waals surface area contributed by atoms with Crippen molar-refractivity contribution in [3.8, 4) is 0 Å². The Kier molecular flexibility index (Phi) is 4.84. The third-order valence-electron chi connectivity index (χ3n) is 3.18. The van der Waals surface area contributed by atoms with Crippen molar-refractivity contribution in [1.29, 1.82) is 0 Å². The first kappa shape index (κ1) is 14.7. The van der Waals surface area contributed by atoms with Crippen molar-refractivity contribution in [3.05, 3.63) is 29.3 Å².